The molecule has 0 unspecified atom stereocenters. The summed E-state index contributed by atoms with van der Waals surface area (Å²) >= 11 is 0. The van der Waals surface area contributed by atoms with Gasteiger partial charge in [-0.05, 0) is 18.4 Å². The molecular weight excluding hydrogens is 184 g/mol. The Morgan fingerprint density at radius 2 is 1.87 bits per heavy atom. The Morgan fingerprint density at radius 1 is 1.20 bits per heavy atom. The van der Waals surface area contributed by atoms with Crippen molar-refractivity contribution in [3.05, 3.63) is 29.5 Å². The molecule has 0 aliphatic heterocycles. The number of nitrogens with zero attached hydrogens (tertiary/aromatic N) is 1. The van der Waals surface area contributed by atoms with Crippen molar-refractivity contribution in [2.75, 3.05) is 0 Å². The van der Waals surface area contributed by atoms with Gasteiger partial charge < -0.3 is 0 Å². The van der Waals surface area contributed by atoms with Crippen LogP contribution < -0.4 is 0 Å². The van der Waals surface area contributed by atoms with Gasteiger partial charge in [0.25, 0.3) is 0 Å². The fraction of sp³-hybridized carbons (Fsp3) is 0.462. The maximum Gasteiger partial charge on any atom is 0.0952 e. The highest BCUT2D eigenvalue weighted by Gasteiger charge is 2.08. The van der Waals surface area contributed by atoms with Gasteiger partial charge in [-0.1, -0.05) is 45.9 Å². The fourth-order valence-corrected chi connectivity index (χ4v) is 1.64. The third-order valence-electron chi connectivity index (χ3n) is 2.39. The summed E-state index contributed by atoms with van der Waals surface area (Å²) in [4.78, 5) is 0. The van der Waals surface area contributed by atoms with E-state index in [1.165, 1.54) is 16.6 Å². The molecule has 2 nitrogen and oxygen atoms in total. The number of H-pyrrole nitrogens is 1. The molecule has 82 valence electrons. The molecule has 0 saturated heterocycles. The van der Waals surface area contributed by atoms with E-state index < -0.39 is 0 Å². The van der Waals surface area contributed by atoms with Crippen molar-refractivity contribution in [3.8, 4) is 0 Å². The molecule has 2 aromatic rings. The molecule has 1 aromatic carbocycles. The summed E-state index contributed by atoms with van der Waals surface area (Å²) in [6.45, 7) is 10.4. The lowest BCUT2D eigenvalue weighted by Gasteiger charge is -2.00. The van der Waals surface area contributed by atoms with Crippen molar-refractivity contribution in [2.45, 2.75) is 40.5 Å². The van der Waals surface area contributed by atoms with Crippen LogP contribution in [0.15, 0.2) is 18.2 Å². The van der Waals surface area contributed by atoms with Crippen molar-refractivity contribution in [2.24, 2.45) is 0 Å². The molecule has 15 heavy (non-hydrogen) atoms. The first-order valence-electron chi connectivity index (χ1n) is 5.63. The van der Waals surface area contributed by atoms with Gasteiger partial charge in [-0.2, -0.15) is 5.10 Å². The van der Waals surface area contributed by atoms with Crippen molar-refractivity contribution in [3.63, 3.8) is 0 Å². The molecule has 0 bridgehead atoms. The molecule has 0 saturated carbocycles. The molecule has 1 N–H and O–H groups in total. The summed E-state index contributed by atoms with van der Waals surface area (Å²) in [5, 5.41) is 8.68. The molecule has 1 heterocycles. The lowest BCUT2D eigenvalue weighted by Crippen LogP contribution is -1.87. The lowest BCUT2D eigenvalue weighted by molar-refractivity contribution is 0.818. The van der Waals surface area contributed by atoms with E-state index in [1.54, 1.807) is 0 Å². The van der Waals surface area contributed by atoms with Gasteiger partial charge >= 0.3 is 0 Å². The zero-order chi connectivity index (χ0) is 11.4. The van der Waals surface area contributed by atoms with Crippen LogP contribution in [0.2, 0.25) is 0 Å². The first-order valence-corrected chi connectivity index (χ1v) is 5.63. The molecule has 0 atom stereocenters. The highest BCUT2D eigenvalue weighted by Crippen LogP contribution is 2.24. The van der Waals surface area contributed by atoms with Crippen LogP contribution in [-0.4, -0.2) is 10.2 Å². The first-order chi connectivity index (χ1) is 7.20. The molecule has 0 aliphatic carbocycles. The number of nitrogens with one attached hydrogen (secondary N) is 1. The Morgan fingerprint density at radius 3 is 2.47 bits per heavy atom. The van der Waals surface area contributed by atoms with E-state index in [4.69, 9.17) is 0 Å². The lowest BCUT2D eigenvalue weighted by atomic mass is 10.0. The average Bonchev–Trinajstić information content (AvgIpc) is 2.66. The number of rotatable bonds is 1. The van der Waals surface area contributed by atoms with Crippen LogP contribution in [0.4, 0.5) is 0 Å². The van der Waals surface area contributed by atoms with E-state index >= 15 is 0 Å². The highest BCUT2D eigenvalue weighted by atomic mass is 15.1. The zero-order valence-electron chi connectivity index (χ0n) is 10.3. The first kappa shape index (κ1) is 11.8. The number of fused-ring (bicyclic) bond motifs is 1. The standard InChI is InChI=1S/C11H14N2.C2H6/c1-7(2)10-9-6-4-5-8(3)11(9)13-12-10;1-2/h4-7H,1-3H3,(H,12,13);1-2H3. The number of hydrogen-bond donors (Lipinski definition) is 1. The van der Waals surface area contributed by atoms with Gasteiger partial charge in [-0.3, -0.25) is 5.10 Å². The second-order valence-corrected chi connectivity index (χ2v) is 3.76. The van der Waals surface area contributed by atoms with Gasteiger partial charge in [0.15, 0.2) is 0 Å². The van der Waals surface area contributed by atoms with E-state index in [1.807, 2.05) is 13.8 Å². The number of aromatic nitrogens is 2. The summed E-state index contributed by atoms with van der Waals surface area (Å²) in [5.74, 6) is 0.506. The molecule has 0 aliphatic rings. The van der Waals surface area contributed by atoms with Crippen molar-refractivity contribution in [1.82, 2.24) is 10.2 Å². The predicted molar refractivity (Wildman–Crippen MR) is 66.3 cm³/mol. The number of aryl methyl sites for hydroxylation is 1. The topological polar surface area (TPSA) is 28.7 Å². The Labute approximate surface area is 91.7 Å². The van der Waals surface area contributed by atoms with Crippen LogP contribution in [0.1, 0.15) is 44.9 Å². The van der Waals surface area contributed by atoms with Crippen LogP contribution in [0, 0.1) is 6.92 Å². The summed E-state index contributed by atoms with van der Waals surface area (Å²) in [6, 6.07) is 6.30. The summed E-state index contributed by atoms with van der Waals surface area (Å²) in [7, 11) is 0. The van der Waals surface area contributed by atoms with E-state index in [0.29, 0.717) is 5.92 Å². The molecule has 1 aromatic heterocycles. The van der Waals surface area contributed by atoms with Crippen molar-refractivity contribution >= 4 is 10.9 Å². The summed E-state index contributed by atoms with van der Waals surface area (Å²) < 4.78 is 0. The minimum atomic E-state index is 0.506. The van der Waals surface area contributed by atoms with E-state index in [9.17, 15) is 0 Å². The molecule has 0 fully saturated rings. The third kappa shape index (κ3) is 2.20. The predicted octanol–water partition coefficient (Wildman–Crippen LogP) is 4.02. The highest BCUT2D eigenvalue weighted by molar-refractivity contribution is 5.84. The molecule has 2 rings (SSSR count). The molecular formula is C13H20N2. The monoisotopic (exact) mass is 204 g/mol. The van der Waals surface area contributed by atoms with Crippen LogP contribution in [0.3, 0.4) is 0 Å². The maximum absolute atomic E-state index is 4.31. The van der Waals surface area contributed by atoms with Crippen molar-refractivity contribution in [1.29, 1.82) is 0 Å². The van der Waals surface area contributed by atoms with Gasteiger partial charge in [0.2, 0.25) is 0 Å². The van der Waals surface area contributed by atoms with Gasteiger partial charge in [0.1, 0.15) is 0 Å². The Balaban J connectivity index is 0.000000531. The Bertz CT molecular complexity index is 427. The largest absolute Gasteiger partial charge is 0.281 e. The Kier molecular flexibility index (Phi) is 3.89. The van der Waals surface area contributed by atoms with Crippen LogP contribution in [0.25, 0.3) is 10.9 Å². The second kappa shape index (κ2) is 4.96. The maximum atomic E-state index is 4.31. The van der Waals surface area contributed by atoms with Crippen LogP contribution >= 0.6 is 0 Å². The molecule has 0 spiro atoms. The van der Waals surface area contributed by atoms with Crippen LogP contribution in [-0.2, 0) is 0 Å². The molecule has 0 radical (unpaired) electrons. The van der Waals surface area contributed by atoms with E-state index in [-0.39, 0.29) is 0 Å². The quantitative estimate of drug-likeness (QED) is 0.746. The number of benzene rings is 1. The average molecular weight is 204 g/mol. The molecule has 0 amide bonds. The second-order valence-electron chi connectivity index (χ2n) is 3.76. The van der Waals surface area contributed by atoms with Crippen LogP contribution in [0.5, 0.6) is 0 Å². The number of hydrogen-bond acceptors (Lipinski definition) is 1. The number of para-hydroxylation sites is 1. The minimum absolute atomic E-state index is 0.506. The SMILES string of the molecule is CC.Cc1cccc2c(C(C)C)[nH]nc12. The van der Waals surface area contributed by atoms with Crippen molar-refractivity contribution < 1.29 is 0 Å². The van der Waals surface area contributed by atoms with Gasteiger partial charge in [-0.15, -0.1) is 0 Å². The van der Waals surface area contributed by atoms with E-state index in [0.717, 1.165) is 5.52 Å². The zero-order valence-corrected chi connectivity index (χ0v) is 10.3. The molecule has 2 heteroatoms. The normalized spacial score (nSPS) is 10.3. The van der Waals surface area contributed by atoms with Gasteiger partial charge in [0.05, 0.1) is 5.52 Å². The summed E-state index contributed by atoms with van der Waals surface area (Å²) in [6.07, 6.45) is 0. The fourth-order valence-electron chi connectivity index (χ4n) is 1.64. The van der Waals surface area contributed by atoms with Gasteiger partial charge in [-0.25, -0.2) is 0 Å². The van der Waals surface area contributed by atoms with E-state index in [2.05, 4.69) is 49.2 Å². The third-order valence-corrected chi connectivity index (χ3v) is 2.39. The Hall–Kier alpha value is -1.31. The summed E-state index contributed by atoms with van der Waals surface area (Å²) in [5.41, 5.74) is 3.57. The smallest absolute Gasteiger partial charge is 0.0952 e. The number of aromatic amines is 1. The minimum Gasteiger partial charge on any atom is -0.281 e. The van der Waals surface area contributed by atoms with Gasteiger partial charge in [0, 0.05) is 11.1 Å².